The van der Waals surface area contributed by atoms with Gasteiger partial charge < -0.3 is 20.7 Å². The van der Waals surface area contributed by atoms with Crippen molar-refractivity contribution in [1.29, 1.82) is 0 Å². The van der Waals surface area contributed by atoms with Crippen LogP contribution in [0.25, 0.3) is 5.76 Å². The highest BCUT2D eigenvalue weighted by molar-refractivity contribution is 9.12. The van der Waals surface area contributed by atoms with E-state index in [1.165, 1.54) is 19.1 Å². The molecule has 0 atom stereocenters. The van der Waals surface area contributed by atoms with Crippen molar-refractivity contribution in [2.45, 2.75) is 6.92 Å². The molecular formula is C15H14BrNO6. The summed E-state index contributed by atoms with van der Waals surface area (Å²) >= 11 is 2.83. The second-order valence-corrected chi connectivity index (χ2v) is 4.96. The summed E-state index contributed by atoms with van der Waals surface area (Å²) in [5, 5.41) is 19.9. The second kappa shape index (κ2) is 8.14. The van der Waals surface area contributed by atoms with E-state index in [4.69, 9.17) is 5.73 Å². The molecule has 0 saturated carbocycles. The van der Waals surface area contributed by atoms with Gasteiger partial charge in [-0.3, -0.25) is 9.59 Å². The summed E-state index contributed by atoms with van der Waals surface area (Å²) in [5.74, 6) is -5.44. The number of carbonyl (C=O) groups is 3. The van der Waals surface area contributed by atoms with Crippen LogP contribution in [0, 0.1) is 0 Å². The number of rotatable bonds is 6. The fourth-order valence-electron chi connectivity index (χ4n) is 1.56. The molecule has 0 saturated heterocycles. The number of hydrogen-bond donors (Lipinski definition) is 3. The Morgan fingerprint density at radius 3 is 2.22 bits per heavy atom. The van der Waals surface area contributed by atoms with Gasteiger partial charge in [-0.2, -0.15) is 0 Å². The van der Waals surface area contributed by atoms with Gasteiger partial charge in [-0.1, -0.05) is 30.3 Å². The topological polar surface area (TPSA) is 127 Å². The number of ether oxygens (including phenoxy) is 1. The number of nitrogens with two attached hydrogens (primary N) is 1. The number of aliphatic hydroxyl groups excluding tert-OH is 2. The third kappa shape index (κ3) is 4.43. The summed E-state index contributed by atoms with van der Waals surface area (Å²) in [5.41, 5.74) is 4.29. The number of hydrogen-bond acceptors (Lipinski definition) is 6. The molecule has 0 radical (unpaired) electrons. The van der Waals surface area contributed by atoms with Gasteiger partial charge in [0.15, 0.2) is 11.3 Å². The highest BCUT2D eigenvalue weighted by Gasteiger charge is 2.29. The minimum Gasteiger partial charge on any atom is -0.506 e. The maximum absolute atomic E-state index is 12.1. The Bertz CT molecular complexity index is 693. The average molecular weight is 384 g/mol. The number of allylic oxidation sites excluding steroid dienone is 1. The van der Waals surface area contributed by atoms with Crippen molar-refractivity contribution in [2.75, 3.05) is 6.61 Å². The van der Waals surface area contributed by atoms with Gasteiger partial charge in [0, 0.05) is 5.56 Å². The van der Waals surface area contributed by atoms with Crippen LogP contribution >= 0.6 is 15.9 Å². The summed E-state index contributed by atoms with van der Waals surface area (Å²) in [7, 11) is 0. The zero-order chi connectivity index (χ0) is 17.6. The predicted octanol–water partition coefficient (Wildman–Crippen LogP) is 1.74. The molecule has 0 aromatic heterocycles. The number of esters is 1. The summed E-state index contributed by atoms with van der Waals surface area (Å²) in [6.45, 7) is 1.40. The third-order valence-electron chi connectivity index (χ3n) is 2.63. The molecular weight excluding hydrogens is 370 g/mol. The number of ketones is 1. The molecule has 8 heteroatoms. The Kier molecular flexibility index (Phi) is 6.52. The highest BCUT2D eigenvalue weighted by atomic mass is 79.9. The van der Waals surface area contributed by atoms with Crippen LogP contribution in [0.5, 0.6) is 0 Å². The van der Waals surface area contributed by atoms with Crippen LogP contribution in [0.2, 0.25) is 0 Å². The molecule has 4 N–H and O–H groups in total. The lowest BCUT2D eigenvalue weighted by Gasteiger charge is -2.08. The van der Waals surface area contributed by atoms with Gasteiger partial charge in [0.05, 0.1) is 6.61 Å². The van der Waals surface area contributed by atoms with Gasteiger partial charge in [0.1, 0.15) is 10.2 Å². The molecule has 1 aromatic rings. The molecule has 0 aliphatic carbocycles. The smallest absolute Gasteiger partial charge is 0.347 e. The predicted molar refractivity (Wildman–Crippen MR) is 85.4 cm³/mol. The van der Waals surface area contributed by atoms with Gasteiger partial charge in [-0.15, -0.1) is 0 Å². The van der Waals surface area contributed by atoms with Crippen molar-refractivity contribution >= 4 is 39.3 Å². The number of aliphatic hydroxyl groups is 2. The zero-order valence-electron chi connectivity index (χ0n) is 12.1. The van der Waals surface area contributed by atoms with Gasteiger partial charge in [-0.05, 0) is 22.9 Å². The molecule has 0 bridgehead atoms. The SMILES string of the molecule is CCOC(=O)/C(C(N)=O)=C(\O)C(=O)/C(Br)=C(\O)c1ccccc1. The average Bonchev–Trinajstić information content (AvgIpc) is 2.53. The molecule has 23 heavy (non-hydrogen) atoms. The van der Waals surface area contributed by atoms with Crippen LogP contribution in [0.4, 0.5) is 0 Å². The second-order valence-electron chi connectivity index (χ2n) is 4.17. The Hall–Kier alpha value is -2.61. The van der Waals surface area contributed by atoms with Crippen molar-refractivity contribution in [3.8, 4) is 0 Å². The van der Waals surface area contributed by atoms with E-state index in [9.17, 15) is 24.6 Å². The molecule has 7 nitrogen and oxygen atoms in total. The minimum atomic E-state index is -1.33. The first-order chi connectivity index (χ1) is 10.8. The van der Waals surface area contributed by atoms with Crippen LogP contribution in [0.1, 0.15) is 12.5 Å². The number of primary amides is 1. The molecule has 122 valence electrons. The summed E-state index contributed by atoms with van der Waals surface area (Å²) in [4.78, 5) is 35.0. The Morgan fingerprint density at radius 2 is 1.74 bits per heavy atom. The maximum Gasteiger partial charge on any atom is 0.347 e. The molecule has 1 aromatic carbocycles. The normalized spacial score (nSPS) is 12.8. The standard InChI is InChI=1S/C15H14BrNO6/c1-2-23-15(22)9(14(17)21)12(19)13(20)10(16)11(18)8-6-4-3-5-7-8/h3-7,18-19H,2H2,1H3,(H2,17,21)/b11-10+,12-9-. The first-order valence-corrected chi connectivity index (χ1v) is 7.19. The van der Waals surface area contributed by atoms with Crippen LogP contribution in [-0.4, -0.2) is 34.5 Å². The van der Waals surface area contributed by atoms with Crippen LogP contribution < -0.4 is 5.73 Å². The molecule has 0 aliphatic rings. The molecule has 0 spiro atoms. The van der Waals surface area contributed by atoms with Crippen molar-refractivity contribution in [1.82, 2.24) is 0 Å². The van der Waals surface area contributed by atoms with E-state index in [0.29, 0.717) is 0 Å². The van der Waals surface area contributed by atoms with E-state index >= 15 is 0 Å². The van der Waals surface area contributed by atoms with Gasteiger partial charge in [0.2, 0.25) is 5.78 Å². The minimum absolute atomic E-state index is 0.0800. The first-order valence-electron chi connectivity index (χ1n) is 6.40. The molecule has 0 heterocycles. The fourth-order valence-corrected chi connectivity index (χ4v) is 1.98. The van der Waals surface area contributed by atoms with E-state index in [1.54, 1.807) is 18.2 Å². The van der Waals surface area contributed by atoms with Crippen LogP contribution in [0.3, 0.4) is 0 Å². The first kappa shape index (κ1) is 18.4. The van der Waals surface area contributed by atoms with Gasteiger partial charge in [-0.25, -0.2) is 4.79 Å². The van der Waals surface area contributed by atoms with E-state index in [2.05, 4.69) is 20.7 Å². The Balaban J connectivity index is 3.31. The molecule has 0 unspecified atom stereocenters. The summed E-state index contributed by atoms with van der Waals surface area (Å²) in [6, 6.07) is 7.99. The molecule has 1 amide bonds. The monoisotopic (exact) mass is 383 g/mol. The fraction of sp³-hybridized carbons (Fsp3) is 0.133. The highest BCUT2D eigenvalue weighted by Crippen LogP contribution is 2.24. The van der Waals surface area contributed by atoms with E-state index in [0.717, 1.165) is 0 Å². The zero-order valence-corrected chi connectivity index (χ0v) is 13.7. The van der Waals surface area contributed by atoms with Crippen molar-refractivity contribution in [2.24, 2.45) is 5.73 Å². The summed E-state index contributed by atoms with van der Waals surface area (Å²) < 4.78 is 4.12. The van der Waals surface area contributed by atoms with Gasteiger partial charge >= 0.3 is 5.97 Å². The van der Waals surface area contributed by atoms with E-state index in [1.807, 2.05) is 0 Å². The van der Waals surface area contributed by atoms with Crippen molar-refractivity contribution < 1.29 is 29.3 Å². The largest absolute Gasteiger partial charge is 0.506 e. The lowest BCUT2D eigenvalue weighted by atomic mass is 10.1. The van der Waals surface area contributed by atoms with Crippen molar-refractivity contribution in [3.63, 3.8) is 0 Å². The van der Waals surface area contributed by atoms with Crippen molar-refractivity contribution in [3.05, 3.63) is 51.7 Å². The summed E-state index contributed by atoms with van der Waals surface area (Å²) in [6.07, 6.45) is 0. The number of benzene rings is 1. The lowest BCUT2D eigenvalue weighted by Crippen LogP contribution is -2.26. The molecule has 1 rings (SSSR count). The van der Waals surface area contributed by atoms with Crippen LogP contribution in [-0.2, 0) is 19.1 Å². The Morgan fingerprint density at radius 1 is 1.17 bits per heavy atom. The number of amides is 1. The van der Waals surface area contributed by atoms with E-state index < -0.39 is 39.2 Å². The Labute approximate surface area is 140 Å². The van der Waals surface area contributed by atoms with Gasteiger partial charge in [0.25, 0.3) is 5.91 Å². The number of Topliss-reactive ketones (excluding diaryl/α,β-unsaturated/α-hetero) is 1. The molecule has 0 aliphatic heterocycles. The number of carbonyl (C=O) groups excluding carboxylic acids is 3. The molecule has 0 fully saturated rings. The quantitative estimate of drug-likeness (QED) is 0.225. The lowest BCUT2D eigenvalue weighted by molar-refractivity contribution is -0.140. The third-order valence-corrected chi connectivity index (χ3v) is 3.37. The van der Waals surface area contributed by atoms with E-state index in [-0.39, 0.29) is 12.2 Å². The number of halogens is 1. The van der Waals surface area contributed by atoms with Crippen LogP contribution in [0.15, 0.2) is 46.1 Å². The maximum atomic E-state index is 12.1.